The Morgan fingerprint density at radius 3 is 2.12 bits per heavy atom. The highest BCUT2D eigenvalue weighted by molar-refractivity contribution is 6.24. The molecule has 0 amide bonds. The van der Waals surface area contributed by atoms with E-state index in [4.69, 9.17) is 9.47 Å². The average molecular weight is 343 g/mol. The van der Waals surface area contributed by atoms with Crippen LogP contribution in [-0.2, 0) is 19.1 Å². The van der Waals surface area contributed by atoms with Gasteiger partial charge < -0.3 is 14.8 Å². The Morgan fingerprint density at radius 1 is 1.00 bits per heavy atom. The van der Waals surface area contributed by atoms with Gasteiger partial charge in [0.1, 0.15) is 0 Å². The van der Waals surface area contributed by atoms with Crippen LogP contribution >= 0.6 is 0 Å². The van der Waals surface area contributed by atoms with Crippen LogP contribution in [0.2, 0.25) is 0 Å². The van der Waals surface area contributed by atoms with E-state index in [1.807, 2.05) is 0 Å². The molecule has 0 aliphatic heterocycles. The Bertz CT molecular complexity index is 771. The molecule has 2 rings (SSSR count). The largest absolute Gasteiger partial charge is 0.462 e. The lowest BCUT2D eigenvalue weighted by Crippen LogP contribution is -2.26. The molecule has 0 bridgehead atoms. The summed E-state index contributed by atoms with van der Waals surface area (Å²) in [4.78, 5) is 48.3. The van der Waals surface area contributed by atoms with Crippen LogP contribution in [0.15, 0.2) is 47.8 Å². The van der Waals surface area contributed by atoms with Crippen molar-refractivity contribution in [1.29, 1.82) is 0 Å². The molecule has 1 aromatic carbocycles. The number of rotatable bonds is 6. The number of carbonyl (C=O) groups is 4. The van der Waals surface area contributed by atoms with E-state index >= 15 is 0 Å². The van der Waals surface area contributed by atoms with Gasteiger partial charge in [-0.1, -0.05) is 24.3 Å². The van der Waals surface area contributed by atoms with Gasteiger partial charge in [-0.25, -0.2) is 9.59 Å². The molecule has 0 saturated carbocycles. The fourth-order valence-corrected chi connectivity index (χ4v) is 2.19. The molecule has 1 aromatic rings. The molecule has 0 saturated heterocycles. The summed E-state index contributed by atoms with van der Waals surface area (Å²) >= 11 is 0. The molecule has 0 atom stereocenters. The normalized spacial score (nSPS) is 12.6. The average Bonchev–Trinajstić information content (AvgIpc) is 2.60. The number of nitrogens with one attached hydrogen (secondary N) is 1. The molecule has 1 N–H and O–H groups in total. The van der Waals surface area contributed by atoms with Gasteiger partial charge in [-0.05, 0) is 13.8 Å². The first-order chi connectivity index (χ1) is 12.0. The molecule has 0 heterocycles. The van der Waals surface area contributed by atoms with Crippen molar-refractivity contribution >= 4 is 23.5 Å². The van der Waals surface area contributed by atoms with Crippen LogP contribution < -0.4 is 5.32 Å². The number of ketones is 2. The zero-order valence-corrected chi connectivity index (χ0v) is 13.8. The standard InChI is InChI=1S/C18H17NO6/c1-3-24-17(22)13(18(23)25-4-2)10-19-14-9-15(20)11-7-5-6-8-12(11)16(14)21/h5-10,19H,3-4H2,1-2H3. The first-order valence-electron chi connectivity index (χ1n) is 7.70. The third-order valence-electron chi connectivity index (χ3n) is 3.32. The van der Waals surface area contributed by atoms with Gasteiger partial charge in [0.25, 0.3) is 0 Å². The Kier molecular flexibility index (Phi) is 5.84. The molecule has 25 heavy (non-hydrogen) atoms. The SMILES string of the molecule is CCOC(=O)C(=CNC1=CC(=O)c2ccccc2C1=O)C(=O)OCC. The third-order valence-corrected chi connectivity index (χ3v) is 3.32. The zero-order chi connectivity index (χ0) is 18.4. The smallest absolute Gasteiger partial charge is 0.347 e. The van der Waals surface area contributed by atoms with Gasteiger partial charge in [-0.2, -0.15) is 0 Å². The molecule has 1 aliphatic rings. The monoisotopic (exact) mass is 343 g/mol. The van der Waals surface area contributed by atoms with Crippen LogP contribution in [0.4, 0.5) is 0 Å². The molecule has 7 heteroatoms. The van der Waals surface area contributed by atoms with E-state index in [2.05, 4.69) is 5.32 Å². The number of benzene rings is 1. The predicted molar refractivity (Wildman–Crippen MR) is 87.7 cm³/mol. The van der Waals surface area contributed by atoms with Crippen molar-refractivity contribution in [2.75, 3.05) is 13.2 Å². The van der Waals surface area contributed by atoms with Crippen molar-refractivity contribution in [2.45, 2.75) is 13.8 Å². The summed E-state index contributed by atoms with van der Waals surface area (Å²) in [5.74, 6) is -2.54. The molecule has 7 nitrogen and oxygen atoms in total. The molecule has 0 radical (unpaired) electrons. The number of carbonyl (C=O) groups excluding carboxylic acids is 4. The summed E-state index contributed by atoms with van der Waals surface area (Å²) in [5, 5.41) is 2.55. The van der Waals surface area contributed by atoms with E-state index in [1.165, 1.54) is 6.07 Å². The van der Waals surface area contributed by atoms with Crippen molar-refractivity contribution in [3.05, 3.63) is 58.9 Å². The first-order valence-corrected chi connectivity index (χ1v) is 7.70. The lowest BCUT2D eigenvalue weighted by molar-refractivity contribution is -0.146. The summed E-state index contributed by atoms with van der Waals surface area (Å²) in [6.45, 7) is 3.33. The van der Waals surface area contributed by atoms with Gasteiger partial charge >= 0.3 is 11.9 Å². The molecule has 0 aromatic heterocycles. The highest BCUT2D eigenvalue weighted by Crippen LogP contribution is 2.19. The Balaban J connectivity index is 2.28. The maximum Gasteiger partial charge on any atom is 0.347 e. The van der Waals surface area contributed by atoms with Crippen molar-refractivity contribution < 1.29 is 28.7 Å². The topological polar surface area (TPSA) is 98.8 Å². The number of allylic oxidation sites excluding steroid dienone is 2. The quantitative estimate of drug-likeness (QED) is 0.362. The second-order valence-electron chi connectivity index (χ2n) is 4.94. The zero-order valence-electron chi connectivity index (χ0n) is 13.8. The van der Waals surface area contributed by atoms with Gasteiger partial charge in [0.2, 0.25) is 5.78 Å². The second-order valence-corrected chi connectivity index (χ2v) is 4.94. The number of hydrogen-bond acceptors (Lipinski definition) is 7. The Morgan fingerprint density at radius 2 is 1.56 bits per heavy atom. The van der Waals surface area contributed by atoms with Gasteiger partial charge in [-0.15, -0.1) is 0 Å². The fraction of sp³-hybridized carbons (Fsp3) is 0.222. The number of fused-ring (bicyclic) bond motifs is 1. The Labute approximate surface area is 144 Å². The first kappa shape index (κ1) is 18.1. The minimum absolute atomic E-state index is 0.0465. The molecule has 130 valence electrons. The van der Waals surface area contributed by atoms with Crippen LogP contribution in [-0.4, -0.2) is 36.7 Å². The summed E-state index contributed by atoms with van der Waals surface area (Å²) in [6, 6.07) is 6.40. The maximum atomic E-state index is 12.4. The van der Waals surface area contributed by atoms with Gasteiger partial charge in [0, 0.05) is 23.4 Å². The third kappa shape index (κ3) is 4.00. The number of Topliss-reactive ketones (excluding diaryl/α,β-unsaturated/α-hetero) is 1. The van der Waals surface area contributed by atoms with Crippen LogP contribution in [0.5, 0.6) is 0 Å². The minimum atomic E-state index is -0.885. The van der Waals surface area contributed by atoms with Crippen LogP contribution in [0.25, 0.3) is 0 Å². The fourth-order valence-electron chi connectivity index (χ4n) is 2.19. The second kappa shape index (κ2) is 8.05. The molecule has 0 fully saturated rings. The summed E-state index contributed by atoms with van der Waals surface area (Å²) in [7, 11) is 0. The van der Waals surface area contributed by atoms with Crippen molar-refractivity contribution in [2.24, 2.45) is 0 Å². The molecule has 0 spiro atoms. The molecule has 1 aliphatic carbocycles. The molecular formula is C18H17NO6. The van der Waals surface area contributed by atoms with Gasteiger partial charge in [0.05, 0.1) is 18.9 Å². The van der Waals surface area contributed by atoms with E-state index in [0.29, 0.717) is 5.56 Å². The van der Waals surface area contributed by atoms with E-state index in [9.17, 15) is 19.2 Å². The van der Waals surface area contributed by atoms with Crippen LogP contribution in [0.3, 0.4) is 0 Å². The summed E-state index contributed by atoms with van der Waals surface area (Å²) < 4.78 is 9.59. The number of hydrogen-bond donors (Lipinski definition) is 1. The molecule has 0 unspecified atom stereocenters. The summed E-state index contributed by atoms with van der Waals surface area (Å²) in [6.07, 6.45) is 2.13. The van der Waals surface area contributed by atoms with Crippen molar-refractivity contribution in [3.63, 3.8) is 0 Å². The van der Waals surface area contributed by atoms with E-state index in [0.717, 1.165) is 12.3 Å². The van der Waals surface area contributed by atoms with Crippen LogP contribution in [0, 0.1) is 0 Å². The minimum Gasteiger partial charge on any atom is -0.462 e. The lowest BCUT2D eigenvalue weighted by Gasteiger charge is -2.15. The number of ether oxygens (including phenoxy) is 2. The van der Waals surface area contributed by atoms with E-state index in [-0.39, 0.29) is 30.3 Å². The van der Waals surface area contributed by atoms with Crippen molar-refractivity contribution in [3.8, 4) is 0 Å². The van der Waals surface area contributed by atoms with Crippen molar-refractivity contribution in [1.82, 2.24) is 5.32 Å². The maximum absolute atomic E-state index is 12.4. The van der Waals surface area contributed by atoms with Gasteiger partial charge in [0.15, 0.2) is 11.4 Å². The van der Waals surface area contributed by atoms with Gasteiger partial charge in [-0.3, -0.25) is 9.59 Å². The number of esters is 2. The Hall–Kier alpha value is -3.22. The van der Waals surface area contributed by atoms with E-state index in [1.54, 1.807) is 32.0 Å². The lowest BCUT2D eigenvalue weighted by atomic mass is 9.93. The highest BCUT2D eigenvalue weighted by Gasteiger charge is 2.26. The summed E-state index contributed by atoms with van der Waals surface area (Å²) in [5.41, 5.74) is 0.108. The van der Waals surface area contributed by atoms with Crippen LogP contribution in [0.1, 0.15) is 34.6 Å². The predicted octanol–water partition coefficient (Wildman–Crippen LogP) is 1.55. The van der Waals surface area contributed by atoms with E-state index < -0.39 is 23.3 Å². The highest BCUT2D eigenvalue weighted by atomic mass is 16.6. The molecular weight excluding hydrogens is 326 g/mol.